The molecule has 1 unspecified atom stereocenters. The van der Waals surface area contributed by atoms with E-state index in [1.54, 1.807) is 13.2 Å². The van der Waals surface area contributed by atoms with Crippen molar-refractivity contribution in [2.24, 2.45) is 0 Å². The lowest BCUT2D eigenvalue weighted by Gasteiger charge is -2.28. The van der Waals surface area contributed by atoms with E-state index in [4.69, 9.17) is 4.74 Å². The molecule has 1 aromatic heterocycles. The van der Waals surface area contributed by atoms with Crippen molar-refractivity contribution in [3.05, 3.63) is 23.3 Å². The number of carbonyl (C=O) groups excluding carboxylic acids is 1. The normalized spacial score (nSPS) is 19.5. The van der Waals surface area contributed by atoms with Crippen LogP contribution in [-0.4, -0.2) is 61.2 Å². The molecule has 1 saturated heterocycles. The number of hydrogen-bond donors (Lipinski definition) is 1. The summed E-state index contributed by atoms with van der Waals surface area (Å²) in [5.74, 6) is 0.940. The van der Waals surface area contributed by atoms with E-state index in [0.717, 1.165) is 37.4 Å². The highest BCUT2D eigenvalue weighted by Crippen LogP contribution is 2.23. The Morgan fingerprint density at radius 2 is 2.33 bits per heavy atom. The number of methoxy groups -OCH3 is 1. The summed E-state index contributed by atoms with van der Waals surface area (Å²) in [7, 11) is 3.72. The molecule has 1 N–H and O–H groups in total. The van der Waals surface area contributed by atoms with Gasteiger partial charge in [0.1, 0.15) is 11.5 Å². The van der Waals surface area contributed by atoms with Gasteiger partial charge in [-0.05, 0) is 39.4 Å². The van der Waals surface area contributed by atoms with E-state index < -0.39 is 0 Å². The number of nitrogens with zero attached hydrogens (tertiary/aromatic N) is 3. The van der Waals surface area contributed by atoms with Gasteiger partial charge in [0.25, 0.3) is 5.91 Å². The van der Waals surface area contributed by atoms with Gasteiger partial charge in [-0.3, -0.25) is 4.79 Å². The van der Waals surface area contributed by atoms with Crippen LogP contribution >= 0.6 is 0 Å². The monoisotopic (exact) mass is 292 g/mol. The average molecular weight is 292 g/mol. The van der Waals surface area contributed by atoms with Gasteiger partial charge in [0, 0.05) is 31.8 Å². The fraction of sp³-hybridized carbons (Fsp3) is 0.667. The molecule has 6 nitrogen and oxygen atoms in total. The SMILES string of the molecule is COCCNC(=O)c1cc(C)nc(C2CCCN(C)C2)n1. The Balaban J connectivity index is 2.11. The van der Waals surface area contributed by atoms with Crippen molar-refractivity contribution in [2.75, 3.05) is 40.4 Å². The maximum atomic E-state index is 12.1. The Kier molecular flexibility index (Phi) is 5.64. The van der Waals surface area contributed by atoms with E-state index in [0.29, 0.717) is 24.8 Å². The van der Waals surface area contributed by atoms with Crippen LogP contribution in [0.15, 0.2) is 6.07 Å². The van der Waals surface area contributed by atoms with Crippen LogP contribution in [-0.2, 0) is 4.74 Å². The third-order valence-corrected chi connectivity index (χ3v) is 3.69. The summed E-state index contributed by atoms with van der Waals surface area (Å²) in [6, 6.07) is 1.73. The van der Waals surface area contributed by atoms with Crippen LogP contribution < -0.4 is 5.32 Å². The minimum atomic E-state index is -0.164. The van der Waals surface area contributed by atoms with Crippen LogP contribution in [0.25, 0.3) is 0 Å². The molecule has 1 atom stereocenters. The van der Waals surface area contributed by atoms with Gasteiger partial charge in [0.15, 0.2) is 0 Å². The summed E-state index contributed by atoms with van der Waals surface area (Å²) >= 11 is 0. The number of amides is 1. The van der Waals surface area contributed by atoms with E-state index in [9.17, 15) is 4.79 Å². The molecule has 21 heavy (non-hydrogen) atoms. The maximum absolute atomic E-state index is 12.1. The molecule has 116 valence electrons. The number of carbonyl (C=O) groups is 1. The molecule has 1 aliphatic rings. The van der Waals surface area contributed by atoms with Crippen molar-refractivity contribution in [3.8, 4) is 0 Å². The van der Waals surface area contributed by atoms with Crippen LogP contribution in [0, 0.1) is 6.92 Å². The lowest BCUT2D eigenvalue weighted by atomic mass is 9.97. The topological polar surface area (TPSA) is 67.3 Å². The second kappa shape index (κ2) is 7.47. The first kappa shape index (κ1) is 15.9. The standard InChI is InChI=1S/C15H24N4O2/c1-11-9-13(15(20)16-6-8-21-3)18-14(17-11)12-5-4-7-19(2)10-12/h9,12H,4-8,10H2,1-3H3,(H,16,20). The zero-order chi connectivity index (χ0) is 15.2. The number of hydrogen-bond acceptors (Lipinski definition) is 5. The molecule has 2 rings (SSSR count). The number of likely N-dealkylation sites (N-methyl/N-ethyl adjacent to an activating group) is 1. The number of nitrogens with one attached hydrogen (secondary N) is 1. The third kappa shape index (κ3) is 4.47. The Bertz CT molecular complexity index is 493. The van der Waals surface area contributed by atoms with Crippen LogP contribution in [0.3, 0.4) is 0 Å². The predicted molar refractivity (Wildman–Crippen MR) is 80.5 cm³/mol. The molecule has 0 radical (unpaired) electrons. The number of aryl methyl sites for hydroxylation is 1. The van der Waals surface area contributed by atoms with Crippen LogP contribution in [0.2, 0.25) is 0 Å². The van der Waals surface area contributed by atoms with Crippen molar-refractivity contribution < 1.29 is 9.53 Å². The highest BCUT2D eigenvalue weighted by atomic mass is 16.5. The summed E-state index contributed by atoms with van der Waals surface area (Å²) in [6.07, 6.45) is 2.23. The fourth-order valence-corrected chi connectivity index (χ4v) is 2.62. The van der Waals surface area contributed by atoms with E-state index in [2.05, 4.69) is 27.2 Å². The Labute approximate surface area is 125 Å². The zero-order valence-electron chi connectivity index (χ0n) is 13.1. The summed E-state index contributed by atoms with van der Waals surface area (Å²) in [5.41, 5.74) is 1.28. The van der Waals surface area contributed by atoms with Gasteiger partial charge in [0.2, 0.25) is 0 Å². The maximum Gasteiger partial charge on any atom is 0.270 e. The van der Waals surface area contributed by atoms with E-state index in [-0.39, 0.29) is 5.91 Å². The first-order chi connectivity index (χ1) is 10.1. The summed E-state index contributed by atoms with van der Waals surface area (Å²) in [5, 5.41) is 2.80. The molecule has 0 bridgehead atoms. The van der Waals surface area contributed by atoms with Crippen LogP contribution in [0.1, 0.15) is 40.8 Å². The van der Waals surface area contributed by atoms with E-state index in [1.165, 1.54) is 0 Å². The number of piperidine rings is 1. The molecule has 1 aromatic rings. The molecule has 0 aliphatic carbocycles. The summed E-state index contributed by atoms with van der Waals surface area (Å²) < 4.78 is 4.93. The number of ether oxygens (including phenoxy) is 1. The largest absolute Gasteiger partial charge is 0.383 e. The van der Waals surface area contributed by atoms with Crippen molar-refractivity contribution >= 4 is 5.91 Å². The molecular weight excluding hydrogens is 268 g/mol. The molecule has 2 heterocycles. The highest BCUT2D eigenvalue weighted by Gasteiger charge is 2.22. The van der Waals surface area contributed by atoms with Gasteiger partial charge in [-0.25, -0.2) is 9.97 Å². The van der Waals surface area contributed by atoms with Crippen molar-refractivity contribution in [2.45, 2.75) is 25.7 Å². The lowest BCUT2D eigenvalue weighted by molar-refractivity contribution is 0.0931. The first-order valence-electron chi connectivity index (χ1n) is 7.41. The third-order valence-electron chi connectivity index (χ3n) is 3.69. The fourth-order valence-electron chi connectivity index (χ4n) is 2.62. The van der Waals surface area contributed by atoms with E-state index in [1.807, 2.05) is 6.92 Å². The van der Waals surface area contributed by atoms with Gasteiger partial charge >= 0.3 is 0 Å². The average Bonchev–Trinajstić information content (AvgIpc) is 2.47. The van der Waals surface area contributed by atoms with Gasteiger partial charge in [0.05, 0.1) is 6.61 Å². The molecule has 0 saturated carbocycles. The quantitative estimate of drug-likeness (QED) is 0.819. The van der Waals surface area contributed by atoms with Crippen LogP contribution in [0.4, 0.5) is 0 Å². The molecule has 1 amide bonds. The van der Waals surface area contributed by atoms with Gasteiger partial charge in [-0.1, -0.05) is 0 Å². The Morgan fingerprint density at radius 1 is 1.52 bits per heavy atom. The van der Waals surface area contributed by atoms with Gasteiger partial charge in [-0.2, -0.15) is 0 Å². The molecule has 1 aliphatic heterocycles. The van der Waals surface area contributed by atoms with Gasteiger partial charge in [-0.15, -0.1) is 0 Å². The Morgan fingerprint density at radius 3 is 3.05 bits per heavy atom. The Hall–Kier alpha value is -1.53. The second-order valence-electron chi connectivity index (χ2n) is 5.60. The molecule has 1 fully saturated rings. The molecular formula is C15H24N4O2. The number of aromatic nitrogens is 2. The summed E-state index contributed by atoms with van der Waals surface area (Å²) in [6.45, 7) is 4.96. The second-order valence-corrected chi connectivity index (χ2v) is 5.60. The minimum Gasteiger partial charge on any atom is -0.383 e. The van der Waals surface area contributed by atoms with Crippen molar-refractivity contribution in [1.82, 2.24) is 20.2 Å². The van der Waals surface area contributed by atoms with Crippen molar-refractivity contribution in [1.29, 1.82) is 0 Å². The lowest BCUT2D eigenvalue weighted by Crippen LogP contribution is -2.33. The zero-order valence-corrected chi connectivity index (χ0v) is 13.1. The minimum absolute atomic E-state index is 0.164. The van der Waals surface area contributed by atoms with E-state index >= 15 is 0 Å². The van der Waals surface area contributed by atoms with Crippen molar-refractivity contribution in [3.63, 3.8) is 0 Å². The van der Waals surface area contributed by atoms with Crippen LogP contribution in [0.5, 0.6) is 0 Å². The molecule has 0 spiro atoms. The summed E-state index contributed by atoms with van der Waals surface area (Å²) in [4.78, 5) is 23.4. The smallest absolute Gasteiger partial charge is 0.270 e. The molecule has 0 aromatic carbocycles. The number of likely N-dealkylation sites (tertiary alicyclic amines) is 1. The predicted octanol–water partition coefficient (Wildman–Crippen LogP) is 0.970. The number of rotatable bonds is 5. The van der Waals surface area contributed by atoms with Gasteiger partial charge < -0.3 is 15.0 Å². The highest BCUT2D eigenvalue weighted by molar-refractivity contribution is 5.92. The first-order valence-corrected chi connectivity index (χ1v) is 7.41. The molecule has 6 heteroatoms.